The van der Waals surface area contributed by atoms with Gasteiger partial charge in [0.05, 0.1) is 0 Å². The number of hydrogen-bond donors (Lipinski definition) is 1. The maximum atomic E-state index is 3.72. The second-order valence-electron chi connectivity index (χ2n) is 7.89. The fourth-order valence-corrected chi connectivity index (χ4v) is 3.80. The summed E-state index contributed by atoms with van der Waals surface area (Å²) in [5.74, 6) is 4.58. The zero-order chi connectivity index (χ0) is 15.0. The van der Waals surface area contributed by atoms with E-state index in [4.69, 9.17) is 0 Å². The van der Waals surface area contributed by atoms with Crippen molar-refractivity contribution in [2.45, 2.75) is 79.6 Å². The van der Waals surface area contributed by atoms with Gasteiger partial charge in [0, 0.05) is 0 Å². The average Bonchev–Trinajstić information content (AvgIpc) is 2.39. The highest BCUT2D eigenvalue weighted by molar-refractivity contribution is 4.83. The third kappa shape index (κ3) is 6.61. The van der Waals surface area contributed by atoms with Gasteiger partial charge in [0.25, 0.3) is 0 Å². The number of unbranched alkanes of at least 4 members (excludes halogenated alkanes) is 2. The monoisotopic (exact) mass is 281 g/mol. The molecule has 3 atom stereocenters. The van der Waals surface area contributed by atoms with E-state index >= 15 is 0 Å². The molecule has 0 aromatic carbocycles. The normalized spacial score (nSPS) is 27.4. The van der Waals surface area contributed by atoms with E-state index in [-0.39, 0.29) is 0 Å². The van der Waals surface area contributed by atoms with E-state index in [2.05, 4.69) is 39.9 Å². The van der Waals surface area contributed by atoms with Crippen molar-refractivity contribution in [2.24, 2.45) is 29.6 Å². The zero-order valence-corrected chi connectivity index (χ0v) is 14.8. The van der Waals surface area contributed by atoms with Gasteiger partial charge in [-0.25, -0.2) is 0 Å². The molecule has 120 valence electrons. The SMILES string of the molecule is CCCCCC1CC(C(C)C)CCC1CNCC(C)C. The lowest BCUT2D eigenvalue weighted by Gasteiger charge is -2.38. The van der Waals surface area contributed by atoms with E-state index in [0.29, 0.717) is 0 Å². The second kappa shape index (κ2) is 9.82. The summed E-state index contributed by atoms with van der Waals surface area (Å²) in [6, 6.07) is 0. The Hall–Kier alpha value is -0.0400. The van der Waals surface area contributed by atoms with Gasteiger partial charge in [0.2, 0.25) is 0 Å². The van der Waals surface area contributed by atoms with Crippen LogP contribution in [0.4, 0.5) is 0 Å². The Morgan fingerprint density at radius 1 is 1.00 bits per heavy atom. The molecule has 0 aliphatic heterocycles. The smallest absolute Gasteiger partial charge is 0.00178 e. The van der Waals surface area contributed by atoms with Crippen LogP contribution in [0.2, 0.25) is 0 Å². The Labute approximate surface area is 128 Å². The Kier molecular flexibility index (Phi) is 8.84. The molecule has 0 aromatic rings. The fraction of sp³-hybridized carbons (Fsp3) is 1.00. The molecular weight excluding hydrogens is 242 g/mol. The summed E-state index contributed by atoms with van der Waals surface area (Å²) in [5.41, 5.74) is 0. The largest absolute Gasteiger partial charge is 0.316 e. The van der Waals surface area contributed by atoms with Crippen LogP contribution in [0.15, 0.2) is 0 Å². The molecule has 0 saturated heterocycles. The molecule has 0 amide bonds. The molecule has 3 unspecified atom stereocenters. The minimum Gasteiger partial charge on any atom is -0.316 e. The van der Waals surface area contributed by atoms with E-state index in [0.717, 1.165) is 29.6 Å². The lowest BCUT2D eigenvalue weighted by Crippen LogP contribution is -2.35. The Balaban J connectivity index is 2.43. The van der Waals surface area contributed by atoms with Crippen molar-refractivity contribution in [3.05, 3.63) is 0 Å². The molecule has 1 N–H and O–H groups in total. The third-order valence-corrected chi connectivity index (χ3v) is 5.26. The predicted octanol–water partition coefficient (Wildman–Crippen LogP) is 5.50. The van der Waals surface area contributed by atoms with Gasteiger partial charge in [-0.1, -0.05) is 60.3 Å². The van der Waals surface area contributed by atoms with Gasteiger partial charge in [-0.05, 0) is 61.9 Å². The van der Waals surface area contributed by atoms with Crippen LogP contribution in [0, 0.1) is 29.6 Å². The van der Waals surface area contributed by atoms with Crippen LogP contribution in [0.5, 0.6) is 0 Å². The van der Waals surface area contributed by atoms with Gasteiger partial charge in [0.1, 0.15) is 0 Å². The highest BCUT2D eigenvalue weighted by Gasteiger charge is 2.30. The summed E-state index contributed by atoms with van der Waals surface area (Å²) in [5, 5.41) is 3.72. The second-order valence-corrected chi connectivity index (χ2v) is 7.89. The van der Waals surface area contributed by atoms with Crippen LogP contribution in [-0.2, 0) is 0 Å². The summed E-state index contributed by atoms with van der Waals surface area (Å²) in [7, 11) is 0. The molecule has 20 heavy (non-hydrogen) atoms. The van der Waals surface area contributed by atoms with E-state index in [1.54, 1.807) is 0 Å². The third-order valence-electron chi connectivity index (χ3n) is 5.26. The standard InChI is InChI=1S/C19H39N/c1-6-7-8-9-18-12-17(16(4)5)10-11-19(18)14-20-13-15(2)3/h15-20H,6-14H2,1-5H3. The lowest BCUT2D eigenvalue weighted by atomic mass is 9.69. The van der Waals surface area contributed by atoms with Crippen molar-refractivity contribution in [1.82, 2.24) is 5.32 Å². The molecule has 1 aliphatic carbocycles. The quantitative estimate of drug-likeness (QED) is 0.550. The summed E-state index contributed by atoms with van der Waals surface area (Å²) >= 11 is 0. The topological polar surface area (TPSA) is 12.0 Å². The van der Waals surface area contributed by atoms with E-state index in [9.17, 15) is 0 Å². The van der Waals surface area contributed by atoms with Gasteiger partial charge >= 0.3 is 0 Å². The summed E-state index contributed by atoms with van der Waals surface area (Å²) < 4.78 is 0. The van der Waals surface area contributed by atoms with Crippen LogP contribution < -0.4 is 5.32 Å². The summed E-state index contributed by atoms with van der Waals surface area (Å²) in [6.07, 6.45) is 10.1. The first-order valence-electron chi connectivity index (χ1n) is 9.25. The van der Waals surface area contributed by atoms with Crippen molar-refractivity contribution in [1.29, 1.82) is 0 Å². The molecule has 1 rings (SSSR count). The minimum absolute atomic E-state index is 0.778. The molecule has 1 nitrogen and oxygen atoms in total. The van der Waals surface area contributed by atoms with Crippen LogP contribution in [0.1, 0.15) is 79.6 Å². The first-order valence-corrected chi connectivity index (χ1v) is 9.25. The van der Waals surface area contributed by atoms with Crippen LogP contribution in [-0.4, -0.2) is 13.1 Å². The van der Waals surface area contributed by atoms with Gasteiger partial charge < -0.3 is 5.32 Å². The number of hydrogen-bond acceptors (Lipinski definition) is 1. The van der Waals surface area contributed by atoms with Crippen molar-refractivity contribution >= 4 is 0 Å². The van der Waals surface area contributed by atoms with Gasteiger partial charge in [-0.3, -0.25) is 0 Å². The molecule has 1 fully saturated rings. The molecule has 1 saturated carbocycles. The molecule has 0 heterocycles. The van der Waals surface area contributed by atoms with Crippen LogP contribution >= 0.6 is 0 Å². The van der Waals surface area contributed by atoms with E-state index in [1.807, 2.05) is 0 Å². The Morgan fingerprint density at radius 3 is 2.35 bits per heavy atom. The fourth-order valence-electron chi connectivity index (χ4n) is 3.80. The van der Waals surface area contributed by atoms with Crippen molar-refractivity contribution < 1.29 is 0 Å². The molecule has 0 bridgehead atoms. The van der Waals surface area contributed by atoms with Crippen LogP contribution in [0.25, 0.3) is 0 Å². The summed E-state index contributed by atoms with van der Waals surface area (Å²) in [6.45, 7) is 14.2. The first-order chi connectivity index (χ1) is 9.54. The molecular formula is C19H39N. The van der Waals surface area contributed by atoms with Crippen LogP contribution in [0.3, 0.4) is 0 Å². The average molecular weight is 282 g/mol. The Bertz CT molecular complexity index is 232. The van der Waals surface area contributed by atoms with Crippen molar-refractivity contribution in [3.63, 3.8) is 0 Å². The molecule has 0 spiro atoms. The first kappa shape index (κ1) is 18.0. The highest BCUT2D eigenvalue weighted by atomic mass is 14.9. The molecule has 0 radical (unpaired) electrons. The molecule has 1 heteroatoms. The number of rotatable bonds is 9. The minimum atomic E-state index is 0.778. The highest BCUT2D eigenvalue weighted by Crippen LogP contribution is 2.39. The van der Waals surface area contributed by atoms with Crippen molar-refractivity contribution in [3.8, 4) is 0 Å². The van der Waals surface area contributed by atoms with E-state index in [1.165, 1.54) is 58.0 Å². The maximum absolute atomic E-state index is 3.72. The maximum Gasteiger partial charge on any atom is -0.00178 e. The zero-order valence-electron chi connectivity index (χ0n) is 14.8. The summed E-state index contributed by atoms with van der Waals surface area (Å²) in [4.78, 5) is 0. The van der Waals surface area contributed by atoms with E-state index < -0.39 is 0 Å². The molecule has 1 aliphatic rings. The van der Waals surface area contributed by atoms with Crippen molar-refractivity contribution in [2.75, 3.05) is 13.1 Å². The Morgan fingerprint density at radius 2 is 1.75 bits per heavy atom. The number of nitrogens with one attached hydrogen (secondary N) is 1. The lowest BCUT2D eigenvalue weighted by molar-refractivity contribution is 0.135. The predicted molar refractivity (Wildman–Crippen MR) is 91.0 cm³/mol. The molecule has 0 aromatic heterocycles. The van der Waals surface area contributed by atoms with Gasteiger partial charge in [0.15, 0.2) is 0 Å². The van der Waals surface area contributed by atoms with Gasteiger partial charge in [-0.15, -0.1) is 0 Å². The van der Waals surface area contributed by atoms with Gasteiger partial charge in [-0.2, -0.15) is 0 Å².